The maximum absolute atomic E-state index is 8.47. The smallest absolute Gasteiger partial charge is 0.0625 e. The zero-order chi connectivity index (χ0) is 9.10. The molecule has 0 atom stereocenters. The molecule has 0 saturated carbocycles. The minimum Gasteiger partial charge on any atom is -0.198 e. The van der Waals surface area contributed by atoms with Crippen LogP contribution in [0.2, 0.25) is 0 Å². The summed E-state index contributed by atoms with van der Waals surface area (Å²) in [6.45, 7) is 0. The Bertz CT molecular complexity index is 382. The third-order valence-electron chi connectivity index (χ3n) is 2.39. The lowest BCUT2D eigenvalue weighted by atomic mass is 10.1. The SMILES string of the molecule is N#CCCC1=Cc2ccccc2C1. The van der Waals surface area contributed by atoms with Gasteiger partial charge in [-0.1, -0.05) is 35.9 Å². The molecule has 0 radical (unpaired) electrons. The van der Waals surface area contributed by atoms with Gasteiger partial charge in [-0.25, -0.2) is 0 Å². The minimum absolute atomic E-state index is 0.639. The molecule has 0 bridgehead atoms. The fraction of sp³-hybridized carbons (Fsp3) is 0.250. The van der Waals surface area contributed by atoms with Crippen LogP contribution < -0.4 is 0 Å². The van der Waals surface area contributed by atoms with Gasteiger partial charge < -0.3 is 0 Å². The van der Waals surface area contributed by atoms with Crippen LogP contribution in [0.4, 0.5) is 0 Å². The van der Waals surface area contributed by atoms with Crippen molar-refractivity contribution >= 4 is 6.08 Å². The molecule has 64 valence electrons. The average Bonchev–Trinajstić information content (AvgIpc) is 2.57. The molecule has 0 spiro atoms. The normalized spacial score (nSPS) is 13.3. The molecule has 0 fully saturated rings. The number of nitrogens with zero attached hydrogens (tertiary/aromatic N) is 1. The summed E-state index contributed by atoms with van der Waals surface area (Å²) in [4.78, 5) is 0. The molecule has 0 heterocycles. The highest BCUT2D eigenvalue weighted by Crippen LogP contribution is 2.26. The second kappa shape index (κ2) is 3.45. The van der Waals surface area contributed by atoms with Crippen molar-refractivity contribution in [1.29, 1.82) is 5.26 Å². The molecule has 0 aliphatic heterocycles. The predicted octanol–water partition coefficient (Wildman–Crippen LogP) is 2.93. The van der Waals surface area contributed by atoms with Crippen LogP contribution >= 0.6 is 0 Å². The highest BCUT2D eigenvalue weighted by atomic mass is 14.2. The first-order chi connectivity index (χ1) is 6.40. The van der Waals surface area contributed by atoms with E-state index in [2.05, 4.69) is 36.4 Å². The second-order valence-corrected chi connectivity index (χ2v) is 3.34. The van der Waals surface area contributed by atoms with E-state index in [4.69, 9.17) is 5.26 Å². The third-order valence-corrected chi connectivity index (χ3v) is 2.39. The van der Waals surface area contributed by atoms with E-state index >= 15 is 0 Å². The third kappa shape index (κ3) is 1.62. The van der Waals surface area contributed by atoms with Crippen molar-refractivity contribution in [3.63, 3.8) is 0 Å². The van der Waals surface area contributed by atoms with E-state index in [-0.39, 0.29) is 0 Å². The summed E-state index contributed by atoms with van der Waals surface area (Å²) in [5.74, 6) is 0. The molecule has 0 saturated heterocycles. The van der Waals surface area contributed by atoms with Crippen molar-refractivity contribution < 1.29 is 0 Å². The Labute approximate surface area is 78.3 Å². The van der Waals surface area contributed by atoms with Crippen LogP contribution in [0.15, 0.2) is 29.8 Å². The lowest BCUT2D eigenvalue weighted by molar-refractivity contribution is 0.956. The molecule has 1 heteroatoms. The Morgan fingerprint density at radius 3 is 2.92 bits per heavy atom. The van der Waals surface area contributed by atoms with Crippen molar-refractivity contribution in [3.8, 4) is 6.07 Å². The van der Waals surface area contributed by atoms with Gasteiger partial charge in [-0.3, -0.25) is 0 Å². The molecule has 0 amide bonds. The van der Waals surface area contributed by atoms with Gasteiger partial charge in [0.25, 0.3) is 0 Å². The van der Waals surface area contributed by atoms with Crippen LogP contribution in [0, 0.1) is 11.3 Å². The number of nitriles is 1. The van der Waals surface area contributed by atoms with Gasteiger partial charge in [-0.15, -0.1) is 0 Å². The molecule has 0 unspecified atom stereocenters. The average molecular weight is 169 g/mol. The first-order valence-electron chi connectivity index (χ1n) is 4.54. The Morgan fingerprint density at radius 1 is 1.31 bits per heavy atom. The van der Waals surface area contributed by atoms with Gasteiger partial charge in [0, 0.05) is 6.42 Å². The number of hydrogen-bond donors (Lipinski definition) is 0. The van der Waals surface area contributed by atoms with E-state index in [1.54, 1.807) is 0 Å². The fourth-order valence-corrected chi connectivity index (χ4v) is 1.73. The highest BCUT2D eigenvalue weighted by Gasteiger charge is 2.10. The first-order valence-corrected chi connectivity index (χ1v) is 4.54. The number of fused-ring (bicyclic) bond motifs is 1. The largest absolute Gasteiger partial charge is 0.198 e. The first kappa shape index (κ1) is 8.07. The summed E-state index contributed by atoms with van der Waals surface area (Å²) >= 11 is 0. The van der Waals surface area contributed by atoms with Crippen molar-refractivity contribution in [2.45, 2.75) is 19.3 Å². The molecule has 1 aliphatic carbocycles. The van der Waals surface area contributed by atoms with Crippen molar-refractivity contribution in [1.82, 2.24) is 0 Å². The molecule has 1 nitrogen and oxygen atoms in total. The summed E-state index contributed by atoms with van der Waals surface area (Å²) in [6, 6.07) is 10.6. The number of benzene rings is 1. The zero-order valence-electron chi connectivity index (χ0n) is 7.46. The van der Waals surface area contributed by atoms with Gasteiger partial charge >= 0.3 is 0 Å². The number of rotatable bonds is 2. The Kier molecular flexibility index (Phi) is 2.14. The van der Waals surface area contributed by atoms with E-state index in [9.17, 15) is 0 Å². The van der Waals surface area contributed by atoms with E-state index < -0.39 is 0 Å². The van der Waals surface area contributed by atoms with Crippen molar-refractivity contribution in [3.05, 3.63) is 41.0 Å². The summed E-state index contributed by atoms with van der Waals surface area (Å²) in [6.07, 6.45) is 4.82. The van der Waals surface area contributed by atoms with E-state index in [0.29, 0.717) is 6.42 Å². The maximum Gasteiger partial charge on any atom is 0.0625 e. The molecule has 1 aromatic rings. The van der Waals surface area contributed by atoms with E-state index in [1.165, 1.54) is 16.7 Å². The van der Waals surface area contributed by atoms with Crippen molar-refractivity contribution in [2.24, 2.45) is 0 Å². The molecule has 0 N–H and O–H groups in total. The van der Waals surface area contributed by atoms with Crippen LogP contribution in [0.5, 0.6) is 0 Å². The van der Waals surface area contributed by atoms with Crippen molar-refractivity contribution in [2.75, 3.05) is 0 Å². The lowest BCUT2D eigenvalue weighted by Crippen LogP contribution is -1.83. The Balaban J connectivity index is 2.13. The quantitative estimate of drug-likeness (QED) is 0.667. The van der Waals surface area contributed by atoms with Crippen LogP contribution in [0.1, 0.15) is 24.0 Å². The van der Waals surface area contributed by atoms with Gasteiger partial charge in [0.1, 0.15) is 0 Å². The van der Waals surface area contributed by atoms with E-state index in [1.807, 2.05) is 0 Å². The number of allylic oxidation sites excluding steroid dienone is 1. The van der Waals surface area contributed by atoms with Crippen LogP contribution in [0.3, 0.4) is 0 Å². The second-order valence-electron chi connectivity index (χ2n) is 3.34. The van der Waals surface area contributed by atoms with Crippen LogP contribution in [-0.2, 0) is 6.42 Å². The Morgan fingerprint density at radius 2 is 2.15 bits per heavy atom. The van der Waals surface area contributed by atoms with Gasteiger partial charge in [-0.2, -0.15) is 5.26 Å². The van der Waals surface area contributed by atoms with Gasteiger partial charge in [0.15, 0.2) is 0 Å². The van der Waals surface area contributed by atoms with Crippen LogP contribution in [-0.4, -0.2) is 0 Å². The van der Waals surface area contributed by atoms with Gasteiger partial charge in [0.2, 0.25) is 0 Å². The Hall–Kier alpha value is -1.55. The summed E-state index contributed by atoms with van der Waals surface area (Å²) in [7, 11) is 0. The summed E-state index contributed by atoms with van der Waals surface area (Å²) in [5, 5.41) is 8.47. The summed E-state index contributed by atoms with van der Waals surface area (Å²) in [5.41, 5.74) is 4.12. The standard InChI is InChI=1S/C12H11N/c13-7-3-4-10-8-11-5-1-2-6-12(11)9-10/h1-2,5-6,8H,3-4,9H2. The topological polar surface area (TPSA) is 23.8 Å². The molecule has 13 heavy (non-hydrogen) atoms. The van der Waals surface area contributed by atoms with E-state index in [0.717, 1.165) is 12.8 Å². The molecular weight excluding hydrogens is 158 g/mol. The zero-order valence-corrected chi connectivity index (χ0v) is 7.46. The predicted molar refractivity (Wildman–Crippen MR) is 53.0 cm³/mol. The summed E-state index contributed by atoms with van der Waals surface area (Å²) < 4.78 is 0. The number of hydrogen-bond acceptors (Lipinski definition) is 1. The maximum atomic E-state index is 8.47. The lowest BCUT2D eigenvalue weighted by Gasteiger charge is -1.96. The minimum atomic E-state index is 0.639. The molecular formula is C12H11N. The fourth-order valence-electron chi connectivity index (χ4n) is 1.73. The molecule has 1 aromatic carbocycles. The monoisotopic (exact) mass is 169 g/mol. The highest BCUT2D eigenvalue weighted by molar-refractivity contribution is 5.63. The van der Waals surface area contributed by atoms with Gasteiger partial charge in [0.05, 0.1) is 6.07 Å². The molecule has 0 aromatic heterocycles. The van der Waals surface area contributed by atoms with Crippen LogP contribution in [0.25, 0.3) is 6.08 Å². The molecule has 1 aliphatic rings. The van der Waals surface area contributed by atoms with Gasteiger partial charge in [-0.05, 0) is 24.0 Å². The molecule has 2 rings (SSSR count).